The summed E-state index contributed by atoms with van der Waals surface area (Å²) in [5, 5.41) is 20.2. The highest BCUT2D eigenvalue weighted by molar-refractivity contribution is 5.94. The molecular weight excluding hydrogens is 210 g/mol. The van der Waals surface area contributed by atoms with E-state index in [4.69, 9.17) is 9.84 Å². The van der Waals surface area contributed by atoms with Crippen LogP contribution in [0.1, 0.15) is 10.4 Å². The van der Waals surface area contributed by atoms with Gasteiger partial charge in [-0.2, -0.15) is 0 Å². The van der Waals surface area contributed by atoms with E-state index in [0.717, 1.165) is 0 Å². The average Bonchev–Trinajstić information content (AvgIpc) is 2.28. The predicted molar refractivity (Wildman–Crippen MR) is 58.3 cm³/mol. The topological polar surface area (TPSA) is 78.8 Å². The first-order chi connectivity index (χ1) is 7.74. The third kappa shape index (κ3) is 4.29. The highest BCUT2D eigenvalue weighted by atomic mass is 16.5. The van der Waals surface area contributed by atoms with Gasteiger partial charge in [0.15, 0.2) is 0 Å². The smallest absolute Gasteiger partial charge is 0.251 e. The van der Waals surface area contributed by atoms with Gasteiger partial charge in [0.1, 0.15) is 5.75 Å². The Hall–Kier alpha value is -1.59. The fourth-order valence-electron chi connectivity index (χ4n) is 1.15. The van der Waals surface area contributed by atoms with Crippen LogP contribution in [0.4, 0.5) is 0 Å². The normalized spacial score (nSPS) is 10.1. The van der Waals surface area contributed by atoms with Crippen molar-refractivity contribution >= 4 is 5.91 Å². The van der Waals surface area contributed by atoms with E-state index in [-0.39, 0.29) is 24.9 Å². The molecule has 5 heteroatoms. The molecule has 0 spiro atoms. The molecule has 0 unspecified atom stereocenters. The van der Waals surface area contributed by atoms with E-state index in [0.29, 0.717) is 18.7 Å². The number of nitrogens with one attached hydrogen (secondary N) is 1. The summed E-state index contributed by atoms with van der Waals surface area (Å²) < 4.78 is 4.98. The number of aliphatic hydroxyl groups is 1. The number of carbonyl (C=O) groups is 1. The highest BCUT2D eigenvalue weighted by Crippen LogP contribution is 2.10. The maximum absolute atomic E-state index is 11.5. The van der Waals surface area contributed by atoms with E-state index >= 15 is 0 Å². The molecule has 0 aliphatic heterocycles. The number of benzene rings is 1. The lowest BCUT2D eigenvalue weighted by atomic mass is 10.2. The predicted octanol–water partition coefficient (Wildman–Crippen LogP) is 0.131. The number of rotatable bonds is 6. The number of carbonyl (C=O) groups excluding carboxylic acids is 1. The molecule has 0 atom stereocenters. The molecule has 0 fully saturated rings. The largest absolute Gasteiger partial charge is 0.508 e. The van der Waals surface area contributed by atoms with E-state index in [9.17, 15) is 9.90 Å². The molecule has 0 aliphatic carbocycles. The molecule has 0 bridgehead atoms. The molecule has 0 heterocycles. The standard InChI is InChI=1S/C11H15NO4/c13-5-7-16-6-4-12-11(15)9-2-1-3-10(14)8-9/h1-3,8,13-14H,4-7H2,(H,12,15). The molecule has 1 aromatic rings. The van der Waals surface area contributed by atoms with Gasteiger partial charge < -0.3 is 20.3 Å². The summed E-state index contributed by atoms with van der Waals surface area (Å²) in [4.78, 5) is 11.5. The van der Waals surface area contributed by atoms with Crippen molar-refractivity contribution in [3.8, 4) is 5.75 Å². The van der Waals surface area contributed by atoms with Crippen LogP contribution < -0.4 is 5.32 Å². The van der Waals surface area contributed by atoms with Crippen LogP contribution in [0.5, 0.6) is 5.75 Å². The van der Waals surface area contributed by atoms with E-state index < -0.39 is 0 Å². The summed E-state index contributed by atoms with van der Waals surface area (Å²) in [6, 6.07) is 6.11. The fourth-order valence-corrected chi connectivity index (χ4v) is 1.15. The number of aliphatic hydroxyl groups excluding tert-OH is 1. The van der Waals surface area contributed by atoms with Gasteiger partial charge in [-0.15, -0.1) is 0 Å². The van der Waals surface area contributed by atoms with Crippen LogP contribution in [0.3, 0.4) is 0 Å². The van der Waals surface area contributed by atoms with Gasteiger partial charge in [0.05, 0.1) is 19.8 Å². The molecule has 0 radical (unpaired) electrons. The minimum atomic E-state index is -0.261. The highest BCUT2D eigenvalue weighted by Gasteiger charge is 2.04. The Labute approximate surface area is 93.7 Å². The van der Waals surface area contributed by atoms with Crippen LogP contribution in [0.15, 0.2) is 24.3 Å². The van der Waals surface area contributed by atoms with Crippen molar-refractivity contribution < 1.29 is 19.7 Å². The number of phenols is 1. The summed E-state index contributed by atoms with van der Waals surface area (Å²) >= 11 is 0. The first-order valence-corrected chi connectivity index (χ1v) is 5.00. The lowest BCUT2D eigenvalue weighted by Gasteiger charge is -2.05. The van der Waals surface area contributed by atoms with Crippen LogP contribution in [0.25, 0.3) is 0 Å². The molecular formula is C11H15NO4. The lowest BCUT2D eigenvalue weighted by Crippen LogP contribution is -2.27. The Bertz CT molecular complexity index is 341. The minimum Gasteiger partial charge on any atom is -0.508 e. The molecule has 0 saturated carbocycles. The number of hydrogen-bond acceptors (Lipinski definition) is 4. The van der Waals surface area contributed by atoms with Crippen molar-refractivity contribution in [2.75, 3.05) is 26.4 Å². The first kappa shape index (κ1) is 12.5. The minimum absolute atomic E-state index is 0.0273. The number of phenolic OH excluding ortho intramolecular Hbond substituents is 1. The van der Waals surface area contributed by atoms with E-state index in [2.05, 4.69) is 5.32 Å². The van der Waals surface area contributed by atoms with Crippen LogP contribution in [0.2, 0.25) is 0 Å². The van der Waals surface area contributed by atoms with E-state index in [1.54, 1.807) is 12.1 Å². The molecule has 88 valence electrons. The van der Waals surface area contributed by atoms with Gasteiger partial charge in [0, 0.05) is 12.1 Å². The molecule has 1 amide bonds. The lowest BCUT2D eigenvalue weighted by molar-refractivity contribution is 0.0838. The van der Waals surface area contributed by atoms with Crippen LogP contribution in [-0.2, 0) is 4.74 Å². The van der Waals surface area contributed by atoms with Gasteiger partial charge in [0.25, 0.3) is 5.91 Å². The van der Waals surface area contributed by atoms with Crippen LogP contribution in [-0.4, -0.2) is 42.5 Å². The van der Waals surface area contributed by atoms with Gasteiger partial charge in [-0.3, -0.25) is 4.79 Å². The van der Waals surface area contributed by atoms with Crippen molar-refractivity contribution in [1.82, 2.24) is 5.32 Å². The molecule has 1 rings (SSSR count). The van der Waals surface area contributed by atoms with Crippen molar-refractivity contribution in [2.24, 2.45) is 0 Å². The van der Waals surface area contributed by atoms with Crippen LogP contribution >= 0.6 is 0 Å². The summed E-state index contributed by atoms with van der Waals surface area (Å²) in [6.45, 7) is 0.960. The summed E-state index contributed by atoms with van der Waals surface area (Å²) in [7, 11) is 0. The van der Waals surface area contributed by atoms with Crippen molar-refractivity contribution in [2.45, 2.75) is 0 Å². The SMILES string of the molecule is O=C(NCCOCCO)c1cccc(O)c1. The van der Waals surface area contributed by atoms with Gasteiger partial charge in [-0.05, 0) is 18.2 Å². The Morgan fingerprint density at radius 1 is 1.38 bits per heavy atom. The Kier molecular flexibility index (Phi) is 5.31. The van der Waals surface area contributed by atoms with Gasteiger partial charge in [0.2, 0.25) is 0 Å². The van der Waals surface area contributed by atoms with E-state index in [1.165, 1.54) is 12.1 Å². The van der Waals surface area contributed by atoms with Crippen molar-refractivity contribution in [3.63, 3.8) is 0 Å². The van der Waals surface area contributed by atoms with Gasteiger partial charge in [-0.1, -0.05) is 6.07 Å². The zero-order chi connectivity index (χ0) is 11.8. The second-order valence-electron chi connectivity index (χ2n) is 3.14. The monoisotopic (exact) mass is 225 g/mol. The van der Waals surface area contributed by atoms with E-state index in [1.807, 2.05) is 0 Å². The molecule has 0 aromatic heterocycles. The second-order valence-corrected chi connectivity index (χ2v) is 3.14. The Morgan fingerprint density at radius 3 is 2.88 bits per heavy atom. The van der Waals surface area contributed by atoms with Crippen LogP contribution in [0, 0.1) is 0 Å². The number of hydrogen-bond donors (Lipinski definition) is 3. The number of ether oxygens (including phenoxy) is 1. The average molecular weight is 225 g/mol. The molecule has 5 nitrogen and oxygen atoms in total. The third-order valence-corrected chi connectivity index (χ3v) is 1.88. The van der Waals surface area contributed by atoms with Gasteiger partial charge in [-0.25, -0.2) is 0 Å². The maximum atomic E-state index is 11.5. The van der Waals surface area contributed by atoms with Crippen molar-refractivity contribution in [1.29, 1.82) is 0 Å². The zero-order valence-electron chi connectivity index (χ0n) is 8.85. The molecule has 3 N–H and O–H groups in total. The number of amides is 1. The number of aromatic hydroxyl groups is 1. The molecule has 16 heavy (non-hydrogen) atoms. The molecule has 1 aromatic carbocycles. The Balaban J connectivity index is 2.30. The van der Waals surface area contributed by atoms with Crippen molar-refractivity contribution in [3.05, 3.63) is 29.8 Å². The summed E-state index contributed by atoms with van der Waals surface area (Å²) in [5.41, 5.74) is 0.405. The Morgan fingerprint density at radius 2 is 2.19 bits per heavy atom. The zero-order valence-corrected chi connectivity index (χ0v) is 8.85. The summed E-state index contributed by atoms with van der Waals surface area (Å²) in [6.07, 6.45) is 0. The maximum Gasteiger partial charge on any atom is 0.251 e. The first-order valence-electron chi connectivity index (χ1n) is 5.00. The second kappa shape index (κ2) is 6.81. The molecule has 0 aliphatic rings. The molecule has 0 saturated heterocycles. The fraction of sp³-hybridized carbons (Fsp3) is 0.364. The summed E-state index contributed by atoms with van der Waals surface area (Å²) in [5.74, 6) is -0.201. The quantitative estimate of drug-likeness (QED) is 0.601. The van der Waals surface area contributed by atoms with Gasteiger partial charge >= 0.3 is 0 Å². The third-order valence-electron chi connectivity index (χ3n) is 1.88.